The number of ether oxygens (including phenoxy) is 1. The Labute approximate surface area is 119 Å². The van der Waals surface area contributed by atoms with Crippen LogP contribution < -0.4 is 5.32 Å². The summed E-state index contributed by atoms with van der Waals surface area (Å²) in [7, 11) is 0. The molecule has 0 bridgehead atoms. The minimum Gasteiger partial charge on any atom is -0.480 e. The Morgan fingerprint density at radius 3 is 2.55 bits per heavy atom. The molecule has 0 aromatic heterocycles. The van der Waals surface area contributed by atoms with Crippen molar-refractivity contribution < 1.29 is 19.4 Å². The number of amides is 2. The summed E-state index contributed by atoms with van der Waals surface area (Å²) < 4.78 is 5.33. The largest absolute Gasteiger partial charge is 0.480 e. The van der Waals surface area contributed by atoms with Gasteiger partial charge in [-0.1, -0.05) is 6.92 Å². The molecule has 1 saturated heterocycles. The first-order valence-corrected chi connectivity index (χ1v) is 7.31. The second-order valence-corrected chi connectivity index (χ2v) is 6.30. The van der Waals surface area contributed by atoms with Gasteiger partial charge in [-0.05, 0) is 37.0 Å². The van der Waals surface area contributed by atoms with E-state index in [1.807, 2.05) is 0 Å². The number of carboxylic acids is 1. The molecule has 2 aliphatic rings. The summed E-state index contributed by atoms with van der Waals surface area (Å²) in [6.07, 6.45) is 4.04. The number of nitrogens with one attached hydrogen (secondary N) is 1. The highest BCUT2D eigenvalue weighted by atomic mass is 16.5. The zero-order valence-electron chi connectivity index (χ0n) is 12.1. The van der Waals surface area contributed by atoms with E-state index in [0.29, 0.717) is 19.0 Å². The van der Waals surface area contributed by atoms with Crippen LogP contribution in [0, 0.1) is 11.3 Å². The van der Waals surface area contributed by atoms with E-state index in [2.05, 4.69) is 12.2 Å². The van der Waals surface area contributed by atoms with Gasteiger partial charge >= 0.3 is 12.0 Å². The number of carbonyl (C=O) groups is 2. The molecule has 0 radical (unpaired) electrons. The quantitative estimate of drug-likeness (QED) is 0.771. The predicted molar refractivity (Wildman–Crippen MR) is 73.5 cm³/mol. The molecular formula is C14H24N2O4. The number of urea groups is 1. The Kier molecular flexibility index (Phi) is 4.86. The molecule has 6 nitrogen and oxygen atoms in total. The van der Waals surface area contributed by atoms with Crippen molar-refractivity contribution in [1.82, 2.24) is 10.2 Å². The highest BCUT2D eigenvalue weighted by Gasteiger charge is 2.31. The van der Waals surface area contributed by atoms with Crippen molar-refractivity contribution in [2.45, 2.75) is 32.6 Å². The second kappa shape index (κ2) is 6.43. The van der Waals surface area contributed by atoms with Crippen molar-refractivity contribution in [2.75, 3.05) is 32.8 Å². The number of hydrogen-bond donors (Lipinski definition) is 2. The van der Waals surface area contributed by atoms with E-state index in [9.17, 15) is 9.59 Å². The van der Waals surface area contributed by atoms with E-state index in [4.69, 9.17) is 9.84 Å². The van der Waals surface area contributed by atoms with Crippen molar-refractivity contribution in [3.63, 3.8) is 0 Å². The van der Waals surface area contributed by atoms with Crippen LogP contribution in [0.25, 0.3) is 0 Å². The van der Waals surface area contributed by atoms with Crippen LogP contribution in [0.1, 0.15) is 32.6 Å². The molecule has 20 heavy (non-hydrogen) atoms. The standard InChI is InChI=1S/C14H24N2O4/c1-14(4-6-20-7-5-14)10-15-13(19)16(9-12(17)18)8-11-2-3-11/h11H,2-10H2,1H3,(H,15,19)(H,17,18). The van der Waals surface area contributed by atoms with E-state index in [-0.39, 0.29) is 18.0 Å². The zero-order chi connectivity index (χ0) is 14.6. The van der Waals surface area contributed by atoms with Crippen molar-refractivity contribution in [2.24, 2.45) is 11.3 Å². The first kappa shape index (κ1) is 15.1. The smallest absolute Gasteiger partial charge is 0.323 e. The van der Waals surface area contributed by atoms with Crippen molar-refractivity contribution in [1.29, 1.82) is 0 Å². The first-order valence-electron chi connectivity index (χ1n) is 7.31. The molecule has 1 aliphatic heterocycles. The molecule has 6 heteroatoms. The average Bonchev–Trinajstić information content (AvgIpc) is 3.20. The van der Waals surface area contributed by atoms with Crippen LogP contribution in [0.3, 0.4) is 0 Å². The molecule has 114 valence electrons. The molecule has 2 N–H and O–H groups in total. The van der Waals surface area contributed by atoms with Crippen LogP contribution in [-0.2, 0) is 9.53 Å². The van der Waals surface area contributed by atoms with Gasteiger partial charge in [-0.2, -0.15) is 0 Å². The molecule has 1 aliphatic carbocycles. The lowest BCUT2D eigenvalue weighted by molar-refractivity contribution is -0.137. The summed E-state index contributed by atoms with van der Waals surface area (Å²) in [5, 5.41) is 11.8. The van der Waals surface area contributed by atoms with Gasteiger partial charge in [-0.15, -0.1) is 0 Å². The molecule has 2 rings (SSSR count). The number of hydrogen-bond acceptors (Lipinski definition) is 3. The van der Waals surface area contributed by atoms with E-state index in [1.54, 1.807) is 0 Å². The Bertz CT molecular complexity index is 362. The number of nitrogens with zero attached hydrogens (tertiary/aromatic N) is 1. The third-order valence-electron chi connectivity index (χ3n) is 4.16. The lowest BCUT2D eigenvalue weighted by atomic mass is 9.82. The first-order chi connectivity index (χ1) is 9.48. The maximum absolute atomic E-state index is 12.1. The Morgan fingerprint density at radius 2 is 2.00 bits per heavy atom. The normalized spacial score (nSPS) is 21.2. The van der Waals surface area contributed by atoms with E-state index >= 15 is 0 Å². The molecule has 0 aromatic rings. The SMILES string of the molecule is CC1(CNC(=O)N(CC(=O)O)CC2CC2)CCOCC1. The van der Waals surface area contributed by atoms with Crippen molar-refractivity contribution in [3.05, 3.63) is 0 Å². The van der Waals surface area contributed by atoms with Crippen LogP contribution in [0.2, 0.25) is 0 Å². The summed E-state index contributed by atoms with van der Waals surface area (Å²) in [6, 6.07) is -0.257. The lowest BCUT2D eigenvalue weighted by Gasteiger charge is -2.34. The summed E-state index contributed by atoms with van der Waals surface area (Å²) >= 11 is 0. The fourth-order valence-electron chi connectivity index (χ4n) is 2.44. The van der Waals surface area contributed by atoms with Gasteiger partial charge in [-0.25, -0.2) is 4.79 Å². The third kappa shape index (κ3) is 4.67. The summed E-state index contributed by atoms with van der Waals surface area (Å²) in [5.41, 5.74) is 0.0579. The minimum atomic E-state index is -0.960. The summed E-state index contributed by atoms with van der Waals surface area (Å²) in [4.78, 5) is 24.4. The van der Waals surface area contributed by atoms with Crippen LogP contribution >= 0.6 is 0 Å². The van der Waals surface area contributed by atoms with E-state index in [0.717, 1.165) is 38.9 Å². The fraction of sp³-hybridized carbons (Fsp3) is 0.857. The van der Waals surface area contributed by atoms with Gasteiger partial charge in [-0.3, -0.25) is 4.79 Å². The number of carboxylic acid groups (broad SMARTS) is 1. The van der Waals surface area contributed by atoms with Gasteiger partial charge < -0.3 is 20.1 Å². The number of carbonyl (C=O) groups excluding carboxylic acids is 1. The monoisotopic (exact) mass is 284 g/mol. The number of aliphatic carboxylic acids is 1. The van der Waals surface area contributed by atoms with E-state index in [1.165, 1.54) is 4.90 Å². The molecule has 1 heterocycles. The lowest BCUT2D eigenvalue weighted by Crippen LogP contribution is -2.47. The third-order valence-corrected chi connectivity index (χ3v) is 4.16. The summed E-state index contributed by atoms with van der Waals surface area (Å²) in [5.74, 6) is -0.475. The molecule has 0 atom stereocenters. The topological polar surface area (TPSA) is 78.9 Å². The predicted octanol–water partition coefficient (Wildman–Crippen LogP) is 1.31. The fourth-order valence-corrected chi connectivity index (χ4v) is 2.44. The second-order valence-electron chi connectivity index (χ2n) is 6.30. The minimum absolute atomic E-state index is 0.0579. The van der Waals surface area contributed by atoms with Gasteiger partial charge in [0.2, 0.25) is 0 Å². The Morgan fingerprint density at radius 1 is 1.35 bits per heavy atom. The molecule has 2 amide bonds. The maximum atomic E-state index is 12.1. The molecule has 2 fully saturated rings. The highest BCUT2D eigenvalue weighted by molar-refractivity contribution is 5.80. The van der Waals surface area contributed by atoms with Crippen LogP contribution in [0.4, 0.5) is 4.79 Å². The zero-order valence-corrected chi connectivity index (χ0v) is 12.1. The maximum Gasteiger partial charge on any atom is 0.323 e. The van der Waals surface area contributed by atoms with Gasteiger partial charge in [0.1, 0.15) is 6.54 Å². The number of rotatable bonds is 6. The van der Waals surface area contributed by atoms with Crippen molar-refractivity contribution >= 4 is 12.0 Å². The van der Waals surface area contributed by atoms with Gasteiger partial charge in [0.05, 0.1) is 0 Å². The van der Waals surface area contributed by atoms with Crippen LogP contribution in [0.15, 0.2) is 0 Å². The van der Waals surface area contributed by atoms with Gasteiger partial charge in [0.25, 0.3) is 0 Å². The molecule has 0 aromatic carbocycles. The highest BCUT2D eigenvalue weighted by Crippen LogP contribution is 2.30. The van der Waals surface area contributed by atoms with Crippen LogP contribution in [-0.4, -0.2) is 54.9 Å². The average molecular weight is 284 g/mol. The Balaban J connectivity index is 1.81. The van der Waals surface area contributed by atoms with Gasteiger partial charge in [0, 0.05) is 26.3 Å². The van der Waals surface area contributed by atoms with Crippen molar-refractivity contribution in [3.8, 4) is 0 Å². The van der Waals surface area contributed by atoms with Crippen LogP contribution in [0.5, 0.6) is 0 Å². The summed E-state index contributed by atoms with van der Waals surface area (Å²) in [6.45, 7) is 4.51. The van der Waals surface area contributed by atoms with E-state index < -0.39 is 5.97 Å². The molecule has 0 unspecified atom stereocenters. The van der Waals surface area contributed by atoms with Gasteiger partial charge in [0.15, 0.2) is 0 Å². The molecule has 1 saturated carbocycles. The molecular weight excluding hydrogens is 260 g/mol. The Hall–Kier alpha value is -1.30. The molecule has 0 spiro atoms.